The molecule has 132 valence electrons. The summed E-state index contributed by atoms with van der Waals surface area (Å²) in [6.45, 7) is 2.37. The summed E-state index contributed by atoms with van der Waals surface area (Å²) in [5.41, 5.74) is -0.612. The van der Waals surface area contributed by atoms with Crippen LogP contribution in [0.3, 0.4) is 0 Å². The average molecular weight is 350 g/mol. The summed E-state index contributed by atoms with van der Waals surface area (Å²) in [4.78, 5) is 15.2. The lowest BCUT2D eigenvalue weighted by atomic mass is 10.0. The van der Waals surface area contributed by atoms with E-state index in [-0.39, 0.29) is 0 Å². The van der Waals surface area contributed by atoms with Gasteiger partial charge in [-0.05, 0) is 31.1 Å². The molecule has 3 rings (SSSR count). The fourth-order valence-corrected chi connectivity index (χ4v) is 4.40. The average Bonchev–Trinajstić information content (AvgIpc) is 3.06. The Morgan fingerprint density at radius 1 is 1.50 bits per heavy atom. The molecule has 2 saturated heterocycles. The molecule has 2 aliphatic heterocycles. The number of guanidine groups is 1. The van der Waals surface area contributed by atoms with Crippen LogP contribution in [0.4, 0.5) is 5.95 Å². The number of thioether (sulfide) groups is 1. The molecule has 3 N–H and O–H groups in total. The Morgan fingerprint density at radius 3 is 3.04 bits per heavy atom. The molecule has 24 heavy (non-hydrogen) atoms. The number of hydrogen-bond acceptors (Lipinski definition) is 6. The number of aliphatic hydroxyl groups is 1. The number of aliphatic imine (C=N–C) groups is 1. The van der Waals surface area contributed by atoms with E-state index in [1.54, 1.807) is 31.2 Å². The Hall–Kier alpha value is -1.54. The van der Waals surface area contributed by atoms with Crippen molar-refractivity contribution in [3.63, 3.8) is 0 Å². The Morgan fingerprint density at radius 2 is 2.33 bits per heavy atom. The number of nitrogens with one attached hydrogen (secondary N) is 2. The monoisotopic (exact) mass is 350 g/mol. The second kappa shape index (κ2) is 8.02. The number of piperidine rings is 1. The standard InChI is InChI=1S/C16H26N6OS/c1-17-14(20-11-16(23)5-9-24-12-16)21-13-4-2-8-22(10-13)15-18-6-3-7-19-15/h3,6-7,13,23H,2,4-5,8-12H2,1H3,(H2,17,20,21). The van der Waals surface area contributed by atoms with Crippen LogP contribution in [-0.2, 0) is 0 Å². The predicted molar refractivity (Wildman–Crippen MR) is 98.7 cm³/mol. The van der Waals surface area contributed by atoms with Crippen molar-refractivity contribution in [2.75, 3.05) is 43.1 Å². The molecule has 3 heterocycles. The summed E-state index contributed by atoms with van der Waals surface area (Å²) in [7, 11) is 1.77. The van der Waals surface area contributed by atoms with Crippen LogP contribution in [0.15, 0.2) is 23.5 Å². The summed E-state index contributed by atoms with van der Waals surface area (Å²) in [6, 6.07) is 2.13. The molecule has 8 heteroatoms. The van der Waals surface area contributed by atoms with Crippen LogP contribution >= 0.6 is 11.8 Å². The van der Waals surface area contributed by atoms with E-state index in [1.165, 1.54) is 0 Å². The van der Waals surface area contributed by atoms with Gasteiger partial charge in [-0.1, -0.05) is 0 Å². The predicted octanol–water partition coefficient (Wildman–Crippen LogP) is 0.478. The first-order chi connectivity index (χ1) is 11.7. The zero-order chi connectivity index (χ0) is 16.8. The molecule has 0 aliphatic carbocycles. The van der Waals surface area contributed by atoms with Crippen molar-refractivity contribution in [3.05, 3.63) is 18.5 Å². The first-order valence-corrected chi connectivity index (χ1v) is 9.63. The van der Waals surface area contributed by atoms with Crippen LogP contribution in [0, 0.1) is 0 Å². The van der Waals surface area contributed by atoms with Crippen LogP contribution in [0.1, 0.15) is 19.3 Å². The maximum Gasteiger partial charge on any atom is 0.225 e. The summed E-state index contributed by atoms with van der Waals surface area (Å²) in [6.07, 6.45) is 6.57. The second-order valence-electron chi connectivity index (χ2n) is 6.43. The van der Waals surface area contributed by atoms with Gasteiger partial charge in [-0.2, -0.15) is 11.8 Å². The van der Waals surface area contributed by atoms with Crippen molar-refractivity contribution in [2.24, 2.45) is 4.99 Å². The molecule has 0 amide bonds. The second-order valence-corrected chi connectivity index (χ2v) is 7.54. The van der Waals surface area contributed by atoms with Crippen LogP contribution in [0.25, 0.3) is 0 Å². The van der Waals surface area contributed by atoms with Gasteiger partial charge in [0.25, 0.3) is 0 Å². The molecule has 2 fully saturated rings. The van der Waals surface area contributed by atoms with Crippen molar-refractivity contribution in [1.29, 1.82) is 0 Å². The largest absolute Gasteiger partial charge is 0.387 e. The third-order valence-electron chi connectivity index (χ3n) is 4.49. The lowest BCUT2D eigenvalue weighted by Crippen LogP contribution is -2.54. The van der Waals surface area contributed by atoms with Gasteiger partial charge in [0.15, 0.2) is 5.96 Å². The molecule has 2 atom stereocenters. The molecular formula is C16H26N6OS. The summed E-state index contributed by atoms with van der Waals surface area (Å²) >= 11 is 1.80. The zero-order valence-corrected chi connectivity index (χ0v) is 14.9. The Bertz CT molecular complexity index is 549. The highest BCUT2D eigenvalue weighted by molar-refractivity contribution is 7.99. The highest BCUT2D eigenvalue weighted by atomic mass is 32.2. The van der Waals surface area contributed by atoms with Crippen molar-refractivity contribution in [3.8, 4) is 0 Å². The van der Waals surface area contributed by atoms with E-state index in [0.29, 0.717) is 12.6 Å². The quantitative estimate of drug-likeness (QED) is 0.538. The SMILES string of the molecule is CN=C(NCC1(O)CCSC1)NC1CCCN(c2ncccn2)C1. The van der Waals surface area contributed by atoms with E-state index < -0.39 is 5.60 Å². The van der Waals surface area contributed by atoms with Gasteiger partial charge in [-0.15, -0.1) is 0 Å². The molecule has 0 radical (unpaired) electrons. The van der Waals surface area contributed by atoms with E-state index >= 15 is 0 Å². The van der Waals surface area contributed by atoms with Gasteiger partial charge in [0, 0.05) is 50.9 Å². The van der Waals surface area contributed by atoms with Crippen LogP contribution in [0.5, 0.6) is 0 Å². The fraction of sp³-hybridized carbons (Fsp3) is 0.688. The molecule has 0 bridgehead atoms. The maximum atomic E-state index is 10.4. The van der Waals surface area contributed by atoms with E-state index in [4.69, 9.17) is 0 Å². The highest BCUT2D eigenvalue weighted by Crippen LogP contribution is 2.26. The van der Waals surface area contributed by atoms with Gasteiger partial charge < -0.3 is 20.6 Å². The lowest BCUT2D eigenvalue weighted by molar-refractivity contribution is 0.0723. The molecular weight excluding hydrogens is 324 g/mol. The molecule has 0 spiro atoms. The van der Waals surface area contributed by atoms with E-state index in [1.807, 2.05) is 6.07 Å². The third kappa shape index (κ3) is 4.51. The number of nitrogens with zero attached hydrogens (tertiary/aromatic N) is 4. The van der Waals surface area contributed by atoms with Crippen molar-refractivity contribution < 1.29 is 5.11 Å². The Kier molecular flexibility index (Phi) is 5.78. The van der Waals surface area contributed by atoms with Gasteiger partial charge in [-0.3, -0.25) is 4.99 Å². The normalized spacial score (nSPS) is 28.0. The maximum absolute atomic E-state index is 10.4. The first-order valence-electron chi connectivity index (χ1n) is 8.48. The topological polar surface area (TPSA) is 85.7 Å². The molecule has 0 saturated carbocycles. The van der Waals surface area contributed by atoms with Crippen LogP contribution in [0.2, 0.25) is 0 Å². The number of aromatic nitrogens is 2. The summed E-state index contributed by atoms with van der Waals surface area (Å²) < 4.78 is 0. The van der Waals surface area contributed by atoms with Gasteiger partial charge in [0.05, 0.1) is 5.60 Å². The van der Waals surface area contributed by atoms with Crippen LogP contribution < -0.4 is 15.5 Å². The number of rotatable bonds is 4. The smallest absolute Gasteiger partial charge is 0.225 e. The Labute approximate surface area is 147 Å². The zero-order valence-electron chi connectivity index (χ0n) is 14.1. The molecule has 2 unspecified atom stereocenters. The molecule has 1 aromatic rings. The summed E-state index contributed by atoms with van der Waals surface area (Å²) in [5, 5.41) is 17.2. The van der Waals surface area contributed by atoms with Crippen LogP contribution in [-0.4, -0.2) is 70.9 Å². The van der Waals surface area contributed by atoms with Gasteiger partial charge >= 0.3 is 0 Å². The highest BCUT2D eigenvalue weighted by Gasteiger charge is 2.32. The van der Waals surface area contributed by atoms with E-state index in [0.717, 1.165) is 55.8 Å². The van der Waals surface area contributed by atoms with Crippen molar-refractivity contribution in [1.82, 2.24) is 20.6 Å². The van der Waals surface area contributed by atoms with Crippen molar-refractivity contribution >= 4 is 23.7 Å². The molecule has 7 nitrogen and oxygen atoms in total. The first kappa shape index (κ1) is 17.3. The molecule has 2 aliphatic rings. The lowest BCUT2D eigenvalue weighted by Gasteiger charge is -2.34. The number of anilines is 1. The fourth-order valence-electron chi connectivity index (χ4n) is 3.10. The minimum Gasteiger partial charge on any atom is -0.387 e. The molecule has 1 aromatic heterocycles. The molecule has 0 aromatic carbocycles. The van der Waals surface area contributed by atoms with Gasteiger partial charge in [-0.25, -0.2) is 9.97 Å². The van der Waals surface area contributed by atoms with Gasteiger partial charge in [0.2, 0.25) is 5.95 Å². The minimum atomic E-state index is -0.612. The van der Waals surface area contributed by atoms with Crippen molar-refractivity contribution in [2.45, 2.75) is 30.9 Å². The van der Waals surface area contributed by atoms with Gasteiger partial charge in [0.1, 0.15) is 0 Å². The minimum absolute atomic E-state index is 0.293. The van der Waals surface area contributed by atoms with E-state index in [2.05, 4.69) is 30.5 Å². The van der Waals surface area contributed by atoms with E-state index in [9.17, 15) is 5.11 Å². The third-order valence-corrected chi connectivity index (χ3v) is 5.72. The Balaban J connectivity index is 1.52. The number of hydrogen-bond donors (Lipinski definition) is 3. The summed E-state index contributed by atoms with van der Waals surface area (Å²) in [5.74, 6) is 3.35.